The molecule has 5 nitrogen and oxygen atoms in total. The number of amidine groups is 1. The SMILES string of the molecule is COc1ccc(F)c(-c2cccc(C3(c4ccc(OC(F)F)cc4C)COC(N)=N3)c2)c1. The molecule has 0 radical (unpaired) electrons. The predicted molar refractivity (Wildman–Crippen MR) is 115 cm³/mol. The molecule has 0 amide bonds. The molecule has 0 bridgehead atoms. The van der Waals surface area contributed by atoms with Crippen molar-refractivity contribution in [2.75, 3.05) is 13.7 Å². The minimum absolute atomic E-state index is 0.00951. The first kappa shape index (κ1) is 21.5. The molecule has 0 aliphatic carbocycles. The Morgan fingerprint density at radius 1 is 1.06 bits per heavy atom. The number of nitrogens with zero attached hydrogens (tertiary/aromatic N) is 1. The fourth-order valence-electron chi connectivity index (χ4n) is 3.95. The van der Waals surface area contributed by atoms with Crippen LogP contribution in [0.3, 0.4) is 0 Å². The maximum absolute atomic E-state index is 14.6. The summed E-state index contributed by atoms with van der Waals surface area (Å²) < 4.78 is 55.1. The number of rotatable bonds is 6. The van der Waals surface area contributed by atoms with Crippen molar-refractivity contribution in [2.45, 2.75) is 19.1 Å². The second-order valence-electron chi connectivity index (χ2n) is 7.38. The molecule has 3 aromatic rings. The zero-order valence-corrected chi connectivity index (χ0v) is 17.4. The van der Waals surface area contributed by atoms with Crippen molar-refractivity contribution in [3.05, 3.63) is 83.2 Å². The largest absolute Gasteiger partial charge is 0.497 e. The Bertz CT molecular complexity index is 1180. The highest BCUT2D eigenvalue weighted by molar-refractivity contribution is 5.76. The van der Waals surface area contributed by atoms with Gasteiger partial charge in [-0.25, -0.2) is 9.38 Å². The van der Waals surface area contributed by atoms with Crippen LogP contribution in [0, 0.1) is 12.7 Å². The molecule has 166 valence electrons. The van der Waals surface area contributed by atoms with E-state index in [-0.39, 0.29) is 18.4 Å². The summed E-state index contributed by atoms with van der Waals surface area (Å²) >= 11 is 0. The third-order valence-corrected chi connectivity index (χ3v) is 5.42. The molecule has 0 spiro atoms. The summed E-state index contributed by atoms with van der Waals surface area (Å²) in [7, 11) is 1.51. The Morgan fingerprint density at radius 2 is 1.84 bits per heavy atom. The number of alkyl halides is 2. The smallest absolute Gasteiger partial charge is 0.387 e. The van der Waals surface area contributed by atoms with E-state index in [0.717, 1.165) is 0 Å². The number of halogens is 3. The van der Waals surface area contributed by atoms with Gasteiger partial charge in [0.2, 0.25) is 0 Å². The number of hydrogen-bond donors (Lipinski definition) is 1. The van der Waals surface area contributed by atoms with Gasteiger partial charge in [-0.15, -0.1) is 0 Å². The minimum Gasteiger partial charge on any atom is -0.497 e. The number of aliphatic imine (C=N–C) groups is 1. The summed E-state index contributed by atoms with van der Waals surface area (Å²) in [5.41, 5.74) is 7.93. The van der Waals surface area contributed by atoms with Crippen LogP contribution in [0.15, 0.2) is 65.7 Å². The molecule has 1 aliphatic heterocycles. The lowest BCUT2D eigenvalue weighted by atomic mass is 9.81. The van der Waals surface area contributed by atoms with Crippen LogP contribution in [0.4, 0.5) is 13.2 Å². The number of benzene rings is 3. The Labute approximate surface area is 183 Å². The van der Waals surface area contributed by atoms with Crippen LogP contribution in [0.2, 0.25) is 0 Å². The zero-order valence-electron chi connectivity index (χ0n) is 17.4. The van der Waals surface area contributed by atoms with E-state index in [4.69, 9.17) is 15.2 Å². The van der Waals surface area contributed by atoms with Gasteiger partial charge in [0.25, 0.3) is 6.02 Å². The van der Waals surface area contributed by atoms with Crippen molar-refractivity contribution < 1.29 is 27.4 Å². The van der Waals surface area contributed by atoms with E-state index in [2.05, 4.69) is 9.73 Å². The van der Waals surface area contributed by atoms with Crippen molar-refractivity contribution in [1.82, 2.24) is 0 Å². The van der Waals surface area contributed by atoms with Crippen molar-refractivity contribution in [3.63, 3.8) is 0 Å². The highest BCUT2D eigenvalue weighted by Crippen LogP contribution is 2.41. The summed E-state index contributed by atoms with van der Waals surface area (Å²) in [6.45, 7) is -1.05. The summed E-state index contributed by atoms with van der Waals surface area (Å²) in [5.74, 6) is 0.172. The van der Waals surface area contributed by atoms with Crippen LogP contribution in [0.5, 0.6) is 11.5 Å². The maximum Gasteiger partial charge on any atom is 0.387 e. The lowest BCUT2D eigenvalue weighted by Crippen LogP contribution is -2.28. The highest BCUT2D eigenvalue weighted by atomic mass is 19.3. The normalized spacial score (nSPS) is 17.8. The fraction of sp³-hybridized carbons (Fsp3) is 0.208. The molecule has 0 saturated heterocycles. The first-order valence-corrected chi connectivity index (χ1v) is 9.81. The molecule has 0 saturated carbocycles. The van der Waals surface area contributed by atoms with Gasteiger partial charge in [0.15, 0.2) is 5.54 Å². The van der Waals surface area contributed by atoms with Crippen molar-refractivity contribution in [1.29, 1.82) is 0 Å². The summed E-state index contributed by atoms with van der Waals surface area (Å²) in [4.78, 5) is 4.57. The van der Waals surface area contributed by atoms with Crippen LogP contribution >= 0.6 is 0 Å². The van der Waals surface area contributed by atoms with E-state index in [1.165, 1.54) is 25.3 Å². The van der Waals surface area contributed by atoms with E-state index >= 15 is 0 Å². The highest BCUT2D eigenvalue weighted by Gasteiger charge is 2.41. The summed E-state index contributed by atoms with van der Waals surface area (Å²) in [6.07, 6.45) is 0. The van der Waals surface area contributed by atoms with Crippen molar-refractivity contribution >= 4 is 6.02 Å². The van der Waals surface area contributed by atoms with E-state index in [1.54, 1.807) is 37.3 Å². The van der Waals surface area contributed by atoms with Crippen molar-refractivity contribution in [2.24, 2.45) is 10.7 Å². The van der Waals surface area contributed by atoms with Gasteiger partial charge >= 0.3 is 6.61 Å². The van der Waals surface area contributed by atoms with Gasteiger partial charge in [0.05, 0.1) is 7.11 Å². The number of ether oxygens (including phenoxy) is 3. The quantitative estimate of drug-likeness (QED) is 0.584. The summed E-state index contributed by atoms with van der Waals surface area (Å²) in [5, 5.41) is 0. The molecule has 1 atom stereocenters. The summed E-state index contributed by atoms with van der Waals surface area (Å²) in [6, 6.07) is 16.4. The van der Waals surface area contributed by atoms with Crippen LogP contribution in [-0.4, -0.2) is 26.3 Å². The van der Waals surface area contributed by atoms with Crippen LogP contribution in [0.25, 0.3) is 11.1 Å². The second-order valence-corrected chi connectivity index (χ2v) is 7.38. The first-order valence-electron chi connectivity index (χ1n) is 9.81. The number of aryl methyl sites for hydroxylation is 1. The van der Waals surface area contributed by atoms with Gasteiger partial charge in [-0.1, -0.05) is 24.3 Å². The Morgan fingerprint density at radius 3 is 2.50 bits per heavy atom. The molecule has 3 aromatic carbocycles. The molecular formula is C24H21F3N2O3. The fourth-order valence-corrected chi connectivity index (χ4v) is 3.95. The van der Waals surface area contributed by atoms with Crippen LogP contribution in [-0.2, 0) is 10.3 Å². The third kappa shape index (κ3) is 3.95. The Balaban J connectivity index is 1.84. The molecule has 1 aliphatic rings. The molecule has 0 aromatic heterocycles. The Hall–Kier alpha value is -3.68. The predicted octanol–water partition coefficient (Wildman–Crippen LogP) is 5.00. The van der Waals surface area contributed by atoms with E-state index in [9.17, 15) is 13.2 Å². The van der Waals surface area contributed by atoms with Gasteiger partial charge in [0, 0.05) is 5.56 Å². The Kier molecular flexibility index (Phi) is 5.69. The van der Waals surface area contributed by atoms with Gasteiger partial charge in [0.1, 0.15) is 23.9 Å². The molecule has 8 heteroatoms. The topological polar surface area (TPSA) is 66.1 Å². The molecular weight excluding hydrogens is 421 g/mol. The van der Waals surface area contributed by atoms with E-state index < -0.39 is 18.0 Å². The first-order chi connectivity index (χ1) is 15.3. The average molecular weight is 442 g/mol. The van der Waals surface area contributed by atoms with Gasteiger partial charge in [-0.2, -0.15) is 8.78 Å². The van der Waals surface area contributed by atoms with Crippen LogP contribution in [0.1, 0.15) is 16.7 Å². The van der Waals surface area contributed by atoms with Gasteiger partial charge in [-0.3, -0.25) is 0 Å². The van der Waals surface area contributed by atoms with E-state index in [1.807, 2.05) is 12.1 Å². The molecule has 4 rings (SSSR count). The lowest BCUT2D eigenvalue weighted by Gasteiger charge is -2.28. The number of hydrogen-bond acceptors (Lipinski definition) is 5. The standard InChI is InChI=1S/C24H21F3N2O3/c1-14-10-18(32-22(26)27)6-8-20(14)24(13-31-23(28)29-24)16-5-3-4-15(11-16)19-12-17(30-2)7-9-21(19)25/h3-12,22H,13H2,1-2H3,(H2,28,29). The zero-order chi connectivity index (χ0) is 22.9. The number of nitrogens with two attached hydrogens (primary N) is 1. The number of methoxy groups -OCH3 is 1. The minimum atomic E-state index is -2.92. The lowest BCUT2D eigenvalue weighted by molar-refractivity contribution is -0.0498. The maximum atomic E-state index is 14.6. The van der Waals surface area contributed by atoms with E-state index in [0.29, 0.717) is 33.6 Å². The molecule has 1 heterocycles. The van der Waals surface area contributed by atoms with Gasteiger partial charge in [-0.05, 0) is 65.6 Å². The monoisotopic (exact) mass is 442 g/mol. The molecule has 2 N–H and O–H groups in total. The van der Waals surface area contributed by atoms with Crippen molar-refractivity contribution in [3.8, 4) is 22.6 Å². The third-order valence-electron chi connectivity index (χ3n) is 5.42. The van der Waals surface area contributed by atoms with Crippen LogP contribution < -0.4 is 15.2 Å². The molecule has 32 heavy (non-hydrogen) atoms. The second kappa shape index (κ2) is 8.45. The average Bonchev–Trinajstić information content (AvgIpc) is 3.16. The molecule has 1 unspecified atom stereocenters. The molecule has 0 fully saturated rings. The van der Waals surface area contributed by atoms with Gasteiger partial charge < -0.3 is 19.9 Å².